The van der Waals surface area contributed by atoms with Gasteiger partial charge >= 0.3 is 6.03 Å². The summed E-state index contributed by atoms with van der Waals surface area (Å²) in [5.41, 5.74) is 0.760. The minimum atomic E-state index is -0.312. The second kappa shape index (κ2) is 5.51. The third kappa shape index (κ3) is 2.78. The van der Waals surface area contributed by atoms with Crippen LogP contribution >= 0.6 is 0 Å². The maximum absolute atomic E-state index is 11.7. The molecule has 2 amide bonds. The van der Waals surface area contributed by atoms with E-state index in [0.29, 0.717) is 0 Å². The lowest BCUT2D eigenvalue weighted by molar-refractivity contribution is 0.229. The van der Waals surface area contributed by atoms with E-state index in [9.17, 15) is 4.79 Å². The number of hydrogen-bond acceptors (Lipinski definition) is 2. The molecule has 4 nitrogen and oxygen atoms in total. The third-order valence-corrected chi connectivity index (χ3v) is 2.69. The predicted molar refractivity (Wildman–Crippen MR) is 72.7 cm³/mol. The van der Waals surface area contributed by atoms with E-state index < -0.39 is 0 Å². The van der Waals surface area contributed by atoms with Crippen LogP contribution in [0.5, 0.6) is 0 Å². The summed E-state index contributed by atoms with van der Waals surface area (Å²) in [6.07, 6.45) is 0. The van der Waals surface area contributed by atoms with E-state index in [2.05, 4.69) is 10.6 Å². The first-order valence-corrected chi connectivity index (χ1v) is 5.87. The zero-order valence-electron chi connectivity index (χ0n) is 10.2. The van der Waals surface area contributed by atoms with Crippen molar-refractivity contribution in [2.45, 2.75) is 13.0 Å². The molecule has 0 bridgehead atoms. The molecule has 18 heavy (non-hydrogen) atoms. The molecule has 0 saturated carbocycles. The second-order valence-corrected chi connectivity index (χ2v) is 4.21. The fraction of sp³-hybridized carbons (Fsp3) is 0.214. The molecule has 1 atom stereocenters. The summed E-state index contributed by atoms with van der Waals surface area (Å²) in [7, 11) is 0. The van der Waals surface area contributed by atoms with Gasteiger partial charge in [-0.2, -0.15) is 0 Å². The minimum absolute atomic E-state index is 0.0804. The van der Waals surface area contributed by atoms with Gasteiger partial charge in [-0.1, -0.05) is 36.4 Å². The lowest BCUT2D eigenvalue weighted by atomic mass is 10.1. The summed E-state index contributed by atoms with van der Waals surface area (Å²) in [6, 6.07) is 13.0. The van der Waals surface area contributed by atoms with E-state index in [1.807, 2.05) is 42.5 Å². The Hall–Kier alpha value is -2.07. The van der Waals surface area contributed by atoms with E-state index in [1.165, 1.54) is 0 Å². The molecule has 94 valence electrons. The van der Waals surface area contributed by atoms with Crippen LogP contribution in [0.4, 0.5) is 10.5 Å². The number of aliphatic hydroxyl groups is 1. The van der Waals surface area contributed by atoms with Gasteiger partial charge in [-0.15, -0.1) is 0 Å². The maximum Gasteiger partial charge on any atom is 0.319 e. The smallest absolute Gasteiger partial charge is 0.319 e. The van der Waals surface area contributed by atoms with Crippen LogP contribution in [0.3, 0.4) is 0 Å². The van der Waals surface area contributed by atoms with Crippen LogP contribution in [0, 0.1) is 0 Å². The minimum Gasteiger partial charge on any atom is -0.394 e. The van der Waals surface area contributed by atoms with Crippen LogP contribution < -0.4 is 10.6 Å². The quantitative estimate of drug-likeness (QED) is 0.776. The average molecular weight is 244 g/mol. The molecule has 0 aliphatic rings. The summed E-state index contributed by atoms with van der Waals surface area (Å²) >= 11 is 0. The number of urea groups is 1. The Morgan fingerprint density at radius 2 is 1.94 bits per heavy atom. The number of hydrogen-bond donors (Lipinski definition) is 3. The largest absolute Gasteiger partial charge is 0.394 e. The van der Waals surface area contributed by atoms with Crippen molar-refractivity contribution in [1.29, 1.82) is 0 Å². The highest BCUT2D eigenvalue weighted by Gasteiger charge is 2.07. The van der Waals surface area contributed by atoms with Crippen LogP contribution in [0.2, 0.25) is 0 Å². The number of nitrogens with one attached hydrogen (secondary N) is 2. The molecule has 0 heterocycles. The van der Waals surface area contributed by atoms with E-state index in [-0.39, 0.29) is 18.7 Å². The van der Waals surface area contributed by atoms with E-state index in [0.717, 1.165) is 16.5 Å². The molecule has 0 saturated heterocycles. The first-order valence-electron chi connectivity index (χ1n) is 5.87. The Morgan fingerprint density at radius 1 is 1.22 bits per heavy atom. The SMILES string of the molecule is C[C@@H](CO)NC(=O)Nc1cccc2ccccc12. The van der Waals surface area contributed by atoms with E-state index in [1.54, 1.807) is 6.92 Å². The fourth-order valence-corrected chi connectivity index (χ4v) is 1.76. The Kier molecular flexibility index (Phi) is 3.79. The van der Waals surface area contributed by atoms with Crippen molar-refractivity contribution in [2.75, 3.05) is 11.9 Å². The number of carbonyl (C=O) groups excluding carboxylic acids is 1. The molecule has 3 N–H and O–H groups in total. The lowest BCUT2D eigenvalue weighted by Gasteiger charge is -2.13. The average Bonchev–Trinajstić information content (AvgIpc) is 2.39. The molecule has 2 aromatic carbocycles. The molecular weight excluding hydrogens is 228 g/mol. The highest BCUT2D eigenvalue weighted by atomic mass is 16.3. The number of benzene rings is 2. The van der Waals surface area contributed by atoms with Gasteiger partial charge in [0.2, 0.25) is 0 Å². The van der Waals surface area contributed by atoms with Crippen molar-refractivity contribution < 1.29 is 9.90 Å². The van der Waals surface area contributed by atoms with Gasteiger partial charge in [0.25, 0.3) is 0 Å². The highest BCUT2D eigenvalue weighted by molar-refractivity contribution is 6.01. The normalized spacial score (nSPS) is 12.1. The van der Waals surface area contributed by atoms with Crippen molar-refractivity contribution in [2.24, 2.45) is 0 Å². The number of aliphatic hydroxyl groups excluding tert-OH is 1. The molecule has 2 aromatic rings. The van der Waals surface area contributed by atoms with Crippen LogP contribution in [-0.2, 0) is 0 Å². The van der Waals surface area contributed by atoms with Gasteiger partial charge in [-0.3, -0.25) is 0 Å². The summed E-state index contributed by atoms with van der Waals surface area (Å²) < 4.78 is 0. The number of rotatable bonds is 3. The van der Waals surface area contributed by atoms with Crippen molar-refractivity contribution in [3.63, 3.8) is 0 Å². The fourth-order valence-electron chi connectivity index (χ4n) is 1.76. The van der Waals surface area contributed by atoms with Gasteiger partial charge in [0.1, 0.15) is 0 Å². The third-order valence-electron chi connectivity index (χ3n) is 2.69. The Labute approximate surface area is 106 Å². The van der Waals surface area contributed by atoms with Gasteiger partial charge in [0.05, 0.1) is 18.3 Å². The summed E-state index contributed by atoms with van der Waals surface area (Å²) in [5.74, 6) is 0. The summed E-state index contributed by atoms with van der Waals surface area (Å²) in [6.45, 7) is 1.66. The maximum atomic E-state index is 11.7. The Morgan fingerprint density at radius 3 is 2.72 bits per heavy atom. The predicted octanol–water partition coefficient (Wildman–Crippen LogP) is 2.34. The van der Waals surface area contributed by atoms with Crippen LogP contribution in [-0.4, -0.2) is 23.8 Å². The topological polar surface area (TPSA) is 61.4 Å². The lowest BCUT2D eigenvalue weighted by Crippen LogP contribution is -2.38. The molecule has 2 rings (SSSR count). The number of fused-ring (bicyclic) bond motifs is 1. The van der Waals surface area contributed by atoms with Crippen molar-refractivity contribution in [3.8, 4) is 0 Å². The summed E-state index contributed by atoms with van der Waals surface area (Å²) in [5, 5.41) is 16.4. The molecule has 0 fully saturated rings. The molecule has 0 aromatic heterocycles. The van der Waals surface area contributed by atoms with Gasteiger partial charge in [-0.05, 0) is 18.4 Å². The molecule has 4 heteroatoms. The monoisotopic (exact) mass is 244 g/mol. The first kappa shape index (κ1) is 12.4. The standard InChI is InChI=1S/C14H16N2O2/c1-10(9-17)15-14(18)16-13-8-4-6-11-5-2-3-7-12(11)13/h2-8,10,17H,9H2,1H3,(H2,15,16,18)/t10-/m0/s1. The Bertz CT molecular complexity index is 549. The first-order chi connectivity index (χ1) is 8.70. The number of carbonyl (C=O) groups is 1. The molecule has 0 aliphatic heterocycles. The van der Waals surface area contributed by atoms with Gasteiger partial charge in [0, 0.05) is 5.39 Å². The zero-order valence-corrected chi connectivity index (χ0v) is 10.2. The number of anilines is 1. The van der Waals surface area contributed by atoms with E-state index >= 15 is 0 Å². The van der Waals surface area contributed by atoms with Crippen LogP contribution in [0.15, 0.2) is 42.5 Å². The molecule has 0 radical (unpaired) electrons. The highest BCUT2D eigenvalue weighted by Crippen LogP contribution is 2.22. The van der Waals surface area contributed by atoms with Crippen LogP contribution in [0.1, 0.15) is 6.92 Å². The molecule has 0 aliphatic carbocycles. The van der Waals surface area contributed by atoms with Gasteiger partial charge in [0.15, 0.2) is 0 Å². The van der Waals surface area contributed by atoms with Gasteiger partial charge in [-0.25, -0.2) is 4.79 Å². The van der Waals surface area contributed by atoms with Crippen LogP contribution in [0.25, 0.3) is 10.8 Å². The second-order valence-electron chi connectivity index (χ2n) is 4.21. The van der Waals surface area contributed by atoms with Gasteiger partial charge < -0.3 is 15.7 Å². The summed E-state index contributed by atoms with van der Waals surface area (Å²) in [4.78, 5) is 11.7. The van der Waals surface area contributed by atoms with E-state index in [4.69, 9.17) is 5.11 Å². The Balaban J connectivity index is 2.19. The molecule has 0 unspecified atom stereocenters. The number of amides is 2. The zero-order chi connectivity index (χ0) is 13.0. The van der Waals surface area contributed by atoms with Crippen molar-refractivity contribution in [3.05, 3.63) is 42.5 Å². The van der Waals surface area contributed by atoms with Crippen molar-refractivity contribution >= 4 is 22.5 Å². The molecular formula is C14H16N2O2. The van der Waals surface area contributed by atoms with Crippen molar-refractivity contribution in [1.82, 2.24) is 5.32 Å². The molecule has 0 spiro atoms.